The van der Waals surface area contributed by atoms with E-state index in [9.17, 15) is 14.4 Å². The number of aromatic amines is 1. The molecule has 8 nitrogen and oxygen atoms in total. The molecule has 8 heteroatoms. The summed E-state index contributed by atoms with van der Waals surface area (Å²) in [4.78, 5) is 39.3. The molecule has 1 aliphatic rings. The number of fused-ring (bicyclic) bond motifs is 2. The van der Waals surface area contributed by atoms with Crippen molar-refractivity contribution in [3.63, 3.8) is 0 Å². The zero-order valence-electron chi connectivity index (χ0n) is 19.1. The van der Waals surface area contributed by atoms with Crippen LogP contribution in [0.5, 0.6) is 0 Å². The Balaban J connectivity index is 2.05. The van der Waals surface area contributed by atoms with E-state index in [0.717, 1.165) is 22.3 Å². The van der Waals surface area contributed by atoms with Crippen LogP contribution in [0.2, 0.25) is 0 Å². The summed E-state index contributed by atoms with van der Waals surface area (Å²) in [5.41, 5.74) is 3.80. The van der Waals surface area contributed by atoms with E-state index >= 15 is 0 Å². The van der Waals surface area contributed by atoms with Crippen molar-refractivity contribution in [1.82, 2.24) is 10.1 Å². The van der Waals surface area contributed by atoms with E-state index in [-0.39, 0.29) is 5.92 Å². The van der Waals surface area contributed by atoms with E-state index in [1.165, 1.54) is 14.2 Å². The van der Waals surface area contributed by atoms with Gasteiger partial charge in [0, 0.05) is 0 Å². The van der Waals surface area contributed by atoms with E-state index in [4.69, 9.17) is 14.0 Å². The number of aromatic nitrogens is 2. The summed E-state index contributed by atoms with van der Waals surface area (Å²) in [6, 6.07) is 10.9. The zero-order chi connectivity index (χ0) is 23.8. The number of hydrogen-bond donors (Lipinski definition) is 1. The molecule has 0 atom stereocenters. The van der Waals surface area contributed by atoms with E-state index < -0.39 is 23.1 Å². The number of carbonyl (C=O) groups is 2. The third-order valence-corrected chi connectivity index (χ3v) is 6.19. The van der Waals surface area contributed by atoms with E-state index in [0.29, 0.717) is 36.2 Å². The van der Waals surface area contributed by atoms with Gasteiger partial charge in [-0.05, 0) is 71.7 Å². The topological polar surface area (TPSA) is 111 Å². The molecular formula is C25H26N2O6. The molecule has 1 aliphatic carbocycles. The molecular weight excluding hydrogens is 424 g/mol. The summed E-state index contributed by atoms with van der Waals surface area (Å²) in [7, 11) is 2.70. The van der Waals surface area contributed by atoms with Crippen molar-refractivity contribution in [3.05, 3.63) is 86.2 Å². The average molecular weight is 450 g/mol. The standard InChI is InChI=1S/C25H26N2O6/c1-14(2)13-25(23-26-24(30)33-27-23)19-9-7-17(21(28)31-3)11-15(19)5-6-16-12-18(22(29)32-4)8-10-20(16)25/h7-12,14H,5-6,13H2,1-4H3,(H,26,27,30). The summed E-state index contributed by atoms with van der Waals surface area (Å²) in [5.74, 6) is -0.877. The number of aryl methyl sites for hydroxylation is 2. The van der Waals surface area contributed by atoms with Crippen molar-refractivity contribution in [2.24, 2.45) is 5.92 Å². The Morgan fingerprint density at radius 2 is 1.52 bits per heavy atom. The number of H-pyrrole nitrogens is 1. The van der Waals surface area contributed by atoms with Crippen LogP contribution in [0.3, 0.4) is 0 Å². The second kappa shape index (κ2) is 8.69. The van der Waals surface area contributed by atoms with Gasteiger partial charge in [0.1, 0.15) is 0 Å². The Morgan fingerprint density at radius 1 is 1.00 bits per heavy atom. The fourth-order valence-electron chi connectivity index (χ4n) is 4.94. The molecule has 0 saturated carbocycles. The van der Waals surface area contributed by atoms with Gasteiger partial charge in [0.2, 0.25) is 0 Å². The van der Waals surface area contributed by atoms with Gasteiger partial charge >= 0.3 is 17.7 Å². The lowest BCUT2D eigenvalue weighted by Gasteiger charge is -2.35. The fourth-order valence-corrected chi connectivity index (χ4v) is 4.94. The number of carbonyl (C=O) groups excluding carboxylic acids is 2. The summed E-state index contributed by atoms with van der Waals surface area (Å²) in [6.07, 6.45) is 1.87. The molecule has 4 rings (SSSR count). The number of esters is 2. The molecule has 0 fully saturated rings. The normalized spacial score (nSPS) is 14.2. The van der Waals surface area contributed by atoms with Gasteiger partial charge in [0.05, 0.1) is 30.8 Å². The molecule has 0 spiro atoms. The van der Waals surface area contributed by atoms with Crippen LogP contribution in [0.25, 0.3) is 0 Å². The van der Waals surface area contributed by atoms with Crippen molar-refractivity contribution < 1.29 is 23.6 Å². The van der Waals surface area contributed by atoms with E-state index in [1.54, 1.807) is 12.1 Å². The molecule has 1 N–H and O–H groups in total. The van der Waals surface area contributed by atoms with Crippen LogP contribution in [0.15, 0.2) is 45.7 Å². The first-order valence-corrected chi connectivity index (χ1v) is 10.8. The Morgan fingerprint density at radius 3 is 1.91 bits per heavy atom. The monoisotopic (exact) mass is 450 g/mol. The number of methoxy groups -OCH3 is 2. The molecule has 3 aromatic rings. The maximum absolute atomic E-state index is 12.2. The first-order chi connectivity index (χ1) is 15.8. The lowest BCUT2D eigenvalue weighted by Crippen LogP contribution is -2.34. The Kier molecular flexibility index (Phi) is 5.93. The molecule has 0 unspecified atom stereocenters. The third-order valence-electron chi connectivity index (χ3n) is 6.19. The van der Waals surface area contributed by atoms with Crippen LogP contribution in [0.1, 0.15) is 69.1 Å². The Bertz CT molecular complexity index is 1200. The minimum Gasteiger partial charge on any atom is -0.465 e. The van der Waals surface area contributed by atoms with Gasteiger partial charge < -0.3 is 9.47 Å². The second-order valence-corrected chi connectivity index (χ2v) is 8.67. The lowest BCUT2D eigenvalue weighted by molar-refractivity contribution is 0.0591. The fraction of sp³-hybridized carbons (Fsp3) is 0.360. The number of nitrogens with one attached hydrogen (secondary N) is 1. The van der Waals surface area contributed by atoms with Crippen molar-refractivity contribution in [1.29, 1.82) is 0 Å². The lowest BCUT2D eigenvalue weighted by atomic mass is 9.67. The van der Waals surface area contributed by atoms with Gasteiger partial charge in [-0.1, -0.05) is 31.1 Å². The molecule has 172 valence electrons. The number of nitrogens with zero attached hydrogens (tertiary/aromatic N) is 1. The first kappa shape index (κ1) is 22.5. The van der Waals surface area contributed by atoms with Crippen LogP contribution in [0, 0.1) is 5.92 Å². The minimum atomic E-state index is -0.842. The SMILES string of the molecule is COC(=O)c1ccc2c(c1)CCc1cc(C(=O)OC)ccc1C2(CC(C)C)c1noc(=O)[nH]1. The maximum Gasteiger partial charge on any atom is 0.438 e. The molecule has 2 aromatic carbocycles. The smallest absolute Gasteiger partial charge is 0.438 e. The molecule has 0 bridgehead atoms. The van der Waals surface area contributed by atoms with Crippen molar-refractivity contribution in [2.45, 2.75) is 38.5 Å². The molecule has 0 aliphatic heterocycles. The van der Waals surface area contributed by atoms with E-state index in [1.807, 2.05) is 24.3 Å². The third kappa shape index (κ3) is 3.86. The quantitative estimate of drug-likeness (QED) is 0.593. The van der Waals surface area contributed by atoms with E-state index in [2.05, 4.69) is 24.0 Å². The molecule has 0 saturated heterocycles. The number of hydrogen-bond acceptors (Lipinski definition) is 7. The number of benzene rings is 2. The molecule has 0 radical (unpaired) electrons. The van der Waals surface area contributed by atoms with Crippen LogP contribution in [-0.4, -0.2) is 36.3 Å². The van der Waals surface area contributed by atoms with Gasteiger partial charge in [0.25, 0.3) is 0 Å². The highest BCUT2D eigenvalue weighted by atomic mass is 16.5. The van der Waals surface area contributed by atoms with Crippen molar-refractivity contribution in [2.75, 3.05) is 14.2 Å². The number of rotatable bonds is 5. The summed E-state index contributed by atoms with van der Waals surface area (Å²) in [5, 5.41) is 4.13. The summed E-state index contributed by atoms with van der Waals surface area (Å²) >= 11 is 0. The predicted molar refractivity (Wildman–Crippen MR) is 119 cm³/mol. The first-order valence-electron chi connectivity index (χ1n) is 10.8. The Labute approximate surface area is 190 Å². The van der Waals surface area contributed by atoms with Crippen LogP contribution in [0.4, 0.5) is 0 Å². The maximum atomic E-state index is 12.2. The van der Waals surface area contributed by atoms with Gasteiger partial charge in [-0.25, -0.2) is 14.4 Å². The highest BCUT2D eigenvalue weighted by Gasteiger charge is 2.45. The molecule has 0 amide bonds. The largest absolute Gasteiger partial charge is 0.465 e. The summed E-state index contributed by atoms with van der Waals surface area (Å²) < 4.78 is 14.8. The van der Waals surface area contributed by atoms with Gasteiger partial charge in [-0.15, -0.1) is 0 Å². The number of ether oxygens (including phenoxy) is 2. The Hall–Kier alpha value is -3.68. The second-order valence-electron chi connectivity index (χ2n) is 8.67. The minimum absolute atomic E-state index is 0.213. The van der Waals surface area contributed by atoms with Crippen molar-refractivity contribution in [3.8, 4) is 0 Å². The van der Waals surface area contributed by atoms with Gasteiger partial charge in [-0.3, -0.25) is 9.51 Å². The average Bonchev–Trinajstić information content (AvgIpc) is 3.21. The van der Waals surface area contributed by atoms with Crippen LogP contribution >= 0.6 is 0 Å². The highest BCUT2D eigenvalue weighted by Crippen LogP contribution is 2.47. The molecule has 33 heavy (non-hydrogen) atoms. The highest BCUT2D eigenvalue weighted by molar-refractivity contribution is 5.90. The van der Waals surface area contributed by atoms with Crippen LogP contribution < -0.4 is 5.76 Å². The molecule has 1 aromatic heterocycles. The van der Waals surface area contributed by atoms with Crippen molar-refractivity contribution >= 4 is 11.9 Å². The van der Waals surface area contributed by atoms with Crippen LogP contribution in [-0.2, 0) is 27.7 Å². The predicted octanol–water partition coefficient (Wildman–Crippen LogP) is 3.42. The van der Waals surface area contributed by atoms with Gasteiger partial charge in [0.15, 0.2) is 5.82 Å². The zero-order valence-corrected chi connectivity index (χ0v) is 19.1. The summed E-state index contributed by atoms with van der Waals surface area (Å²) in [6.45, 7) is 4.19. The van der Waals surface area contributed by atoms with Gasteiger partial charge in [-0.2, -0.15) is 0 Å². The molecule has 1 heterocycles.